The van der Waals surface area contributed by atoms with Crippen LogP contribution in [-0.2, 0) is 6.54 Å². The highest BCUT2D eigenvalue weighted by molar-refractivity contribution is 7.99. The molecule has 1 atom stereocenters. The number of thioether (sulfide) groups is 1. The normalized spacial score (nSPS) is 12.8. The lowest BCUT2D eigenvalue weighted by atomic mass is 10.2. The number of nitrogens with one attached hydrogen (secondary N) is 2. The fourth-order valence-electron chi connectivity index (χ4n) is 2.55. The largest absolute Gasteiger partial charge is 0.395 e. The Morgan fingerprint density at radius 1 is 1.29 bits per heavy atom. The lowest BCUT2D eigenvalue weighted by molar-refractivity contribution is 0.157. The Labute approximate surface area is 143 Å². The molecule has 3 N–H and O–H groups in total. The molecule has 0 bridgehead atoms. The molecule has 2 aromatic heterocycles. The molecule has 0 aliphatic heterocycles. The van der Waals surface area contributed by atoms with Gasteiger partial charge in [0.05, 0.1) is 18.5 Å². The molecule has 2 heterocycles. The maximum Gasteiger partial charge on any atom is 0.275 e. The van der Waals surface area contributed by atoms with Crippen LogP contribution in [0.4, 0.5) is 0 Å². The van der Waals surface area contributed by atoms with E-state index in [0.717, 1.165) is 11.3 Å². The fraction of sp³-hybridized carbons (Fsp3) is 0.294. The number of aromatic amines is 2. The van der Waals surface area contributed by atoms with Crippen LogP contribution in [0.1, 0.15) is 5.56 Å². The minimum Gasteiger partial charge on any atom is -0.395 e. The Morgan fingerprint density at radius 2 is 2.08 bits per heavy atom. The summed E-state index contributed by atoms with van der Waals surface area (Å²) < 4.78 is 0. The van der Waals surface area contributed by atoms with E-state index in [2.05, 4.69) is 32.0 Å². The average Bonchev–Trinajstić information content (AvgIpc) is 3.01. The van der Waals surface area contributed by atoms with Crippen molar-refractivity contribution >= 4 is 22.8 Å². The van der Waals surface area contributed by atoms with Crippen molar-refractivity contribution < 1.29 is 5.11 Å². The van der Waals surface area contributed by atoms with Crippen LogP contribution in [-0.4, -0.2) is 50.4 Å². The number of hydrogen-bond donors (Lipinski definition) is 3. The van der Waals surface area contributed by atoms with Gasteiger partial charge in [0, 0.05) is 35.0 Å². The summed E-state index contributed by atoms with van der Waals surface area (Å²) in [7, 11) is 1.97. The number of H-pyrrole nitrogens is 2. The van der Waals surface area contributed by atoms with E-state index in [1.54, 1.807) is 11.8 Å². The van der Waals surface area contributed by atoms with E-state index in [1.165, 1.54) is 11.2 Å². The zero-order valence-corrected chi connectivity index (χ0v) is 14.2. The smallest absolute Gasteiger partial charge is 0.275 e. The van der Waals surface area contributed by atoms with Crippen LogP contribution in [0.2, 0.25) is 0 Å². The van der Waals surface area contributed by atoms with Gasteiger partial charge in [-0.3, -0.25) is 9.69 Å². The molecule has 0 saturated carbocycles. The minimum absolute atomic E-state index is 0.0159. The predicted octanol–water partition coefficient (Wildman–Crippen LogP) is 1.84. The van der Waals surface area contributed by atoms with Gasteiger partial charge in [-0.1, -0.05) is 18.2 Å². The van der Waals surface area contributed by atoms with E-state index in [0.29, 0.717) is 17.6 Å². The van der Waals surface area contributed by atoms with Gasteiger partial charge in [-0.05, 0) is 19.2 Å². The highest BCUT2D eigenvalue weighted by Crippen LogP contribution is 2.21. The summed E-state index contributed by atoms with van der Waals surface area (Å²) in [4.78, 5) is 24.8. The summed E-state index contributed by atoms with van der Waals surface area (Å²) in [6, 6.07) is 10.2. The second kappa shape index (κ2) is 7.65. The Hall–Kier alpha value is -2.09. The van der Waals surface area contributed by atoms with Crippen LogP contribution in [0.3, 0.4) is 0 Å². The maximum absolute atomic E-state index is 11.7. The highest BCUT2D eigenvalue weighted by atomic mass is 32.2. The molecule has 0 fully saturated rings. The van der Waals surface area contributed by atoms with E-state index in [-0.39, 0.29) is 18.2 Å². The molecule has 24 heavy (non-hydrogen) atoms. The fourth-order valence-corrected chi connectivity index (χ4v) is 3.65. The Morgan fingerprint density at radius 3 is 2.83 bits per heavy atom. The number of aliphatic hydroxyl groups excluding tert-OH is 1. The van der Waals surface area contributed by atoms with E-state index >= 15 is 0 Å². The Balaban J connectivity index is 1.68. The first-order chi connectivity index (χ1) is 11.7. The molecule has 0 amide bonds. The second-order valence-electron chi connectivity index (χ2n) is 5.64. The van der Waals surface area contributed by atoms with Gasteiger partial charge in [-0.25, -0.2) is 4.98 Å². The number of hydrogen-bond acceptors (Lipinski definition) is 5. The van der Waals surface area contributed by atoms with Gasteiger partial charge in [0.2, 0.25) is 0 Å². The van der Waals surface area contributed by atoms with Crippen LogP contribution in [0.15, 0.2) is 52.5 Å². The Kier molecular flexibility index (Phi) is 5.34. The van der Waals surface area contributed by atoms with Crippen molar-refractivity contribution in [2.75, 3.05) is 19.4 Å². The first-order valence-corrected chi connectivity index (χ1v) is 8.70. The van der Waals surface area contributed by atoms with Crippen molar-refractivity contribution in [2.45, 2.75) is 17.5 Å². The second-order valence-corrected chi connectivity index (χ2v) is 6.74. The zero-order chi connectivity index (χ0) is 16.9. The van der Waals surface area contributed by atoms with Crippen molar-refractivity contribution in [3.05, 3.63) is 58.8 Å². The number of fused-ring (bicyclic) bond motifs is 1. The molecule has 126 valence electrons. The number of benzene rings is 1. The summed E-state index contributed by atoms with van der Waals surface area (Å²) in [5, 5.41) is 9.73. The van der Waals surface area contributed by atoms with Crippen molar-refractivity contribution in [3.8, 4) is 0 Å². The zero-order valence-electron chi connectivity index (χ0n) is 13.4. The molecular formula is C17H20N4O2S. The number of likely N-dealkylation sites (N-methyl/N-ethyl adjacent to an activating group) is 1. The summed E-state index contributed by atoms with van der Waals surface area (Å²) in [5.74, 6) is 0.785. The minimum atomic E-state index is -0.174. The highest BCUT2D eigenvalue weighted by Gasteiger charge is 2.17. The molecule has 0 aliphatic rings. The van der Waals surface area contributed by atoms with Gasteiger partial charge < -0.3 is 15.1 Å². The van der Waals surface area contributed by atoms with Crippen molar-refractivity contribution in [2.24, 2.45) is 0 Å². The van der Waals surface area contributed by atoms with Crippen LogP contribution >= 0.6 is 11.8 Å². The molecule has 7 heteroatoms. The molecule has 3 aromatic rings. The molecule has 0 spiro atoms. The van der Waals surface area contributed by atoms with Gasteiger partial charge in [0.1, 0.15) is 5.52 Å². The molecule has 0 aliphatic carbocycles. The first-order valence-electron chi connectivity index (χ1n) is 7.71. The van der Waals surface area contributed by atoms with Crippen LogP contribution in [0, 0.1) is 0 Å². The van der Waals surface area contributed by atoms with Gasteiger partial charge in [-0.2, -0.15) is 0 Å². The summed E-state index contributed by atoms with van der Waals surface area (Å²) in [5.41, 5.74) is 1.94. The molecule has 0 saturated heterocycles. The van der Waals surface area contributed by atoms with E-state index in [4.69, 9.17) is 0 Å². The third kappa shape index (κ3) is 3.69. The quantitative estimate of drug-likeness (QED) is 0.570. The van der Waals surface area contributed by atoms with Gasteiger partial charge in [-0.15, -0.1) is 11.8 Å². The summed E-state index contributed by atoms with van der Waals surface area (Å²) in [6.07, 6.45) is 3.22. The topological polar surface area (TPSA) is 85.0 Å². The third-order valence-corrected chi connectivity index (χ3v) is 5.14. The standard InChI is InChI=1S/C17H20N4O2S/c1-21(13(9-22)10-24-14-5-3-2-4-6-14)8-12-7-18-16-15(12)19-11-20-17(16)23/h2-7,11,13,18,22H,8-10H2,1H3,(H,19,20,23)/t13-/m1/s1. The van der Waals surface area contributed by atoms with Crippen LogP contribution in [0.5, 0.6) is 0 Å². The monoisotopic (exact) mass is 344 g/mol. The van der Waals surface area contributed by atoms with E-state index in [9.17, 15) is 9.90 Å². The molecule has 0 unspecified atom stereocenters. The predicted molar refractivity (Wildman–Crippen MR) is 96.2 cm³/mol. The lowest BCUT2D eigenvalue weighted by Crippen LogP contribution is -2.36. The number of aromatic nitrogens is 3. The van der Waals surface area contributed by atoms with Crippen molar-refractivity contribution in [3.63, 3.8) is 0 Å². The summed E-state index contributed by atoms with van der Waals surface area (Å²) >= 11 is 1.72. The average molecular weight is 344 g/mol. The number of nitrogens with zero attached hydrogens (tertiary/aromatic N) is 2. The SMILES string of the molecule is CN(Cc1c[nH]c2c(=O)[nH]cnc12)[C@H](CO)CSc1ccccc1. The van der Waals surface area contributed by atoms with Crippen LogP contribution in [0.25, 0.3) is 11.0 Å². The molecule has 6 nitrogen and oxygen atoms in total. The van der Waals surface area contributed by atoms with Gasteiger partial charge in [0.15, 0.2) is 0 Å². The number of aliphatic hydroxyl groups is 1. The van der Waals surface area contributed by atoms with Crippen molar-refractivity contribution in [1.82, 2.24) is 19.9 Å². The molecule has 3 rings (SSSR count). The first kappa shape index (κ1) is 16.8. The lowest BCUT2D eigenvalue weighted by Gasteiger charge is -2.25. The van der Waals surface area contributed by atoms with E-state index < -0.39 is 0 Å². The molecular weight excluding hydrogens is 324 g/mol. The van der Waals surface area contributed by atoms with Crippen LogP contribution < -0.4 is 5.56 Å². The number of rotatable bonds is 7. The summed E-state index contributed by atoms with van der Waals surface area (Å²) in [6.45, 7) is 0.684. The van der Waals surface area contributed by atoms with E-state index in [1.807, 2.05) is 31.4 Å². The third-order valence-electron chi connectivity index (χ3n) is 3.99. The molecule has 1 aromatic carbocycles. The molecule has 0 radical (unpaired) electrons. The van der Waals surface area contributed by atoms with Gasteiger partial charge in [0.25, 0.3) is 5.56 Å². The van der Waals surface area contributed by atoms with Crippen molar-refractivity contribution in [1.29, 1.82) is 0 Å². The Bertz CT molecular complexity index is 846. The maximum atomic E-state index is 11.7. The van der Waals surface area contributed by atoms with Gasteiger partial charge >= 0.3 is 0 Å².